The van der Waals surface area contributed by atoms with Gasteiger partial charge in [-0.3, -0.25) is 4.79 Å². The molecule has 1 saturated heterocycles. The highest BCUT2D eigenvalue weighted by Crippen LogP contribution is 2.32. The van der Waals surface area contributed by atoms with Crippen molar-refractivity contribution in [2.45, 2.75) is 12.5 Å². The monoisotopic (exact) mass is 217 g/mol. The SMILES string of the molecule is O=C1Nc2ccccc2N2CCNCCC12. The van der Waals surface area contributed by atoms with Crippen molar-refractivity contribution in [3.8, 4) is 0 Å². The Labute approximate surface area is 94.6 Å². The lowest BCUT2D eigenvalue weighted by Crippen LogP contribution is -2.48. The maximum atomic E-state index is 12.0. The van der Waals surface area contributed by atoms with Crippen molar-refractivity contribution in [2.24, 2.45) is 0 Å². The molecule has 1 aromatic rings. The largest absolute Gasteiger partial charge is 0.356 e. The number of carbonyl (C=O) groups excluding carboxylic acids is 1. The summed E-state index contributed by atoms with van der Waals surface area (Å²) in [6.07, 6.45) is 0.875. The standard InChI is InChI=1S/C12H15N3O/c16-12-11-5-6-13-7-8-15(11)10-4-2-1-3-9(10)14-12/h1-4,11,13H,5-8H2,(H,14,16). The average Bonchev–Trinajstić information content (AvgIpc) is 2.55. The van der Waals surface area contributed by atoms with Crippen LogP contribution in [0.5, 0.6) is 0 Å². The molecule has 0 bridgehead atoms. The maximum absolute atomic E-state index is 12.0. The lowest BCUT2D eigenvalue weighted by molar-refractivity contribution is -0.117. The molecule has 1 unspecified atom stereocenters. The van der Waals surface area contributed by atoms with Gasteiger partial charge in [-0.05, 0) is 25.1 Å². The van der Waals surface area contributed by atoms with E-state index in [0.717, 1.165) is 37.4 Å². The van der Waals surface area contributed by atoms with Crippen molar-refractivity contribution in [1.29, 1.82) is 0 Å². The van der Waals surface area contributed by atoms with Crippen LogP contribution in [-0.4, -0.2) is 31.6 Å². The lowest BCUT2D eigenvalue weighted by Gasteiger charge is -2.36. The van der Waals surface area contributed by atoms with Crippen LogP contribution >= 0.6 is 0 Å². The molecule has 1 fully saturated rings. The molecule has 0 saturated carbocycles. The number of hydrogen-bond acceptors (Lipinski definition) is 3. The Morgan fingerprint density at radius 3 is 3.06 bits per heavy atom. The summed E-state index contributed by atoms with van der Waals surface area (Å²) >= 11 is 0. The minimum absolute atomic E-state index is 0.00935. The predicted octanol–water partition coefficient (Wildman–Crippen LogP) is 0.807. The second-order valence-electron chi connectivity index (χ2n) is 4.25. The Morgan fingerprint density at radius 2 is 2.12 bits per heavy atom. The van der Waals surface area contributed by atoms with Crippen LogP contribution in [0.3, 0.4) is 0 Å². The minimum Gasteiger partial charge on any atom is -0.356 e. The van der Waals surface area contributed by atoms with Gasteiger partial charge in [0.15, 0.2) is 0 Å². The van der Waals surface area contributed by atoms with Gasteiger partial charge in [0.05, 0.1) is 11.4 Å². The van der Waals surface area contributed by atoms with E-state index in [4.69, 9.17) is 0 Å². The fraction of sp³-hybridized carbons (Fsp3) is 0.417. The summed E-state index contributed by atoms with van der Waals surface area (Å²) in [4.78, 5) is 14.2. The van der Waals surface area contributed by atoms with Gasteiger partial charge in [-0.2, -0.15) is 0 Å². The fourth-order valence-corrected chi connectivity index (χ4v) is 2.48. The molecule has 2 heterocycles. The number of nitrogens with zero attached hydrogens (tertiary/aromatic N) is 1. The molecule has 2 aliphatic heterocycles. The van der Waals surface area contributed by atoms with Crippen LogP contribution in [0.4, 0.5) is 11.4 Å². The summed E-state index contributed by atoms with van der Waals surface area (Å²) in [7, 11) is 0. The number of carbonyl (C=O) groups is 1. The van der Waals surface area contributed by atoms with Gasteiger partial charge in [-0.15, -0.1) is 0 Å². The van der Waals surface area contributed by atoms with E-state index in [1.165, 1.54) is 0 Å². The molecule has 4 nitrogen and oxygen atoms in total. The van der Waals surface area contributed by atoms with Crippen molar-refractivity contribution in [1.82, 2.24) is 5.32 Å². The molecule has 3 rings (SSSR count). The van der Waals surface area contributed by atoms with Gasteiger partial charge in [-0.25, -0.2) is 0 Å². The minimum atomic E-state index is -0.00935. The summed E-state index contributed by atoms with van der Waals surface area (Å²) in [6.45, 7) is 2.75. The van der Waals surface area contributed by atoms with E-state index in [1.54, 1.807) is 0 Å². The molecule has 16 heavy (non-hydrogen) atoms. The molecule has 0 aromatic heterocycles. The molecule has 2 N–H and O–H groups in total. The highest BCUT2D eigenvalue weighted by molar-refractivity contribution is 6.03. The number of hydrogen-bond donors (Lipinski definition) is 2. The first kappa shape index (κ1) is 9.66. The second kappa shape index (κ2) is 3.79. The summed E-state index contributed by atoms with van der Waals surface area (Å²) in [5.74, 6) is 0.127. The third kappa shape index (κ3) is 1.46. The Balaban J connectivity index is 2.03. The molecule has 2 aliphatic rings. The smallest absolute Gasteiger partial charge is 0.247 e. The summed E-state index contributed by atoms with van der Waals surface area (Å²) in [6, 6.07) is 8.00. The van der Waals surface area contributed by atoms with E-state index in [1.807, 2.05) is 18.2 Å². The molecule has 1 aromatic carbocycles. The first-order valence-electron chi connectivity index (χ1n) is 5.73. The van der Waals surface area contributed by atoms with Crippen LogP contribution in [0.25, 0.3) is 0 Å². The van der Waals surface area contributed by atoms with Crippen molar-refractivity contribution in [2.75, 3.05) is 29.9 Å². The molecule has 84 valence electrons. The normalized spacial score (nSPS) is 24.1. The highest BCUT2D eigenvalue weighted by Gasteiger charge is 2.32. The summed E-state index contributed by atoms with van der Waals surface area (Å²) in [5, 5.41) is 6.31. The fourth-order valence-electron chi connectivity index (χ4n) is 2.48. The number of rotatable bonds is 0. The van der Waals surface area contributed by atoms with Crippen molar-refractivity contribution in [3.63, 3.8) is 0 Å². The first-order chi connectivity index (χ1) is 7.86. The van der Waals surface area contributed by atoms with E-state index in [9.17, 15) is 4.79 Å². The lowest BCUT2D eigenvalue weighted by atomic mass is 10.1. The van der Waals surface area contributed by atoms with Crippen molar-refractivity contribution in [3.05, 3.63) is 24.3 Å². The van der Waals surface area contributed by atoms with E-state index in [0.29, 0.717) is 0 Å². The second-order valence-corrected chi connectivity index (χ2v) is 4.25. The quantitative estimate of drug-likeness (QED) is 0.676. The van der Waals surface area contributed by atoms with Crippen LogP contribution in [0.15, 0.2) is 24.3 Å². The van der Waals surface area contributed by atoms with E-state index in [-0.39, 0.29) is 11.9 Å². The number of amides is 1. The first-order valence-corrected chi connectivity index (χ1v) is 5.73. The Hall–Kier alpha value is -1.55. The highest BCUT2D eigenvalue weighted by atomic mass is 16.2. The third-order valence-electron chi connectivity index (χ3n) is 3.27. The topological polar surface area (TPSA) is 44.4 Å². The molecule has 1 atom stereocenters. The average molecular weight is 217 g/mol. The van der Waals surface area contributed by atoms with E-state index in [2.05, 4.69) is 21.6 Å². The predicted molar refractivity (Wildman–Crippen MR) is 63.7 cm³/mol. The zero-order valence-corrected chi connectivity index (χ0v) is 9.07. The van der Waals surface area contributed by atoms with Crippen LogP contribution in [0.2, 0.25) is 0 Å². The van der Waals surface area contributed by atoms with Crippen LogP contribution in [0.1, 0.15) is 6.42 Å². The molecule has 4 heteroatoms. The molecule has 1 amide bonds. The van der Waals surface area contributed by atoms with Gasteiger partial charge in [-0.1, -0.05) is 12.1 Å². The van der Waals surface area contributed by atoms with Gasteiger partial charge in [0.2, 0.25) is 5.91 Å². The van der Waals surface area contributed by atoms with Gasteiger partial charge >= 0.3 is 0 Å². The number of para-hydroxylation sites is 2. The molecule has 0 aliphatic carbocycles. The van der Waals surface area contributed by atoms with Crippen LogP contribution in [-0.2, 0) is 4.79 Å². The number of anilines is 2. The van der Waals surface area contributed by atoms with Crippen LogP contribution < -0.4 is 15.5 Å². The number of fused-ring (bicyclic) bond motifs is 3. The van der Waals surface area contributed by atoms with E-state index >= 15 is 0 Å². The Kier molecular flexibility index (Phi) is 2.29. The Morgan fingerprint density at radius 1 is 1.25 bits per heavy atom. The third-order valence-corrected chi connectivity index (χ3v) is 3.27. The summed E-state index contributed by atoms with van der Waals surface area (Å²) < 4.78 is 0. The van der Waals surface area contributed by atoms with Crippen molar-refractivity contribution < 1.29 is 4.79 Å². The van der Waals surface area contributed by atoms with Gasteiger partial charge < -0.3 is 15.5 Å². The molecule has 0 radical (unpaired) electrons. The van der Waals surface area contributed by atoms with E-state index < -0.39 is 0 Å². The maximum Gasteiger partial charge on any atom is 0.247 e. The van der Waals surface area contributed by atoms with Crippen molar-refractivity contribution >= 4 is 17.3 Å². The van der Waals surface area contributed by atoms with Gasteiger partial charge in [0.1, 0.15) is 6.04 Å². The molecule has 0 spiro atoms. The Bertz CT molecular complexity index is 418. The van der Waals surface area contributed by atoms with Gasteiger partial charge in [0.25, 0.3) is 0 Å². The zero-order chi connectivity index (χ0) is 11.0. The molecular formula is C12H15N3O. The molecular weight excluding hydrogens is 202 g/mol. The van der Waals surface area contributed by atoms with Gasteiger partial charge in [0, 0.05) is 13.1 Å². The number of nitrogens with one attached hydrogen (secondary N) is 2. The number of benzene rings is 1. The zero-order valence-electron chi connectivity index (χ0n) is 9.07. The van der Waals surface area contributed by atoms with Crippen LogP contribution in [0, 0.1) is 0 Å². The summed E-state index contributed by atoms with van der Waals surface area (Å²) in [5.41, 5.74) is 2.08.